The fourth-order valence-corrected chi connectivity index (χ4v) is 3.56. The Balaban J connectivity index is 2.87. The molecule has 0 saturated heterocycles. The van der Waals surface area contributed by atoms with Crippen LogP contribution in [0.15, 0.2) is 5.38 Å². The lowest BCUT2D eigenvalue weighted by Crippen LogP contribution is -2.34. The Morgan fingerprint density at radius 2 is 2.32 bits per heavy atom. The molecular formula is C10H13N3O4S2. The molecule has 1 aromatic heterocycles. The highest BCUT2D eigenvalue weighted by Gasteiger charge is 2.26. The molecule has 0 fully saturated rings. The monoisotopic (exact) mass is 303 g/mol. The van der Waals surface area contributed by atoms with Crippen molar-refractivity contribution in [3.8, 4) is 6.07 Å². The second-order valence-corrected chi connectivity index (χ2v) is 6.57. The van der Waals surface area contributed by atoms with Crippen LogP contribution in [0.3, 0.4) is 0 Å². The van der Waals surface area contributed by atoms with Crippen molar-refractivity contribution in [2.75, 3.05) is 0 Å². The smallest absolute Gasteiger partial charge is 0.355 e. The molecule has 1 aromatic rings. The zero-order valence-electron chi connectivity index (χ0n) is 10.3. The number of sulfonamides is 1. The van der Waals surface area contributed by atoms with E-state index in [-0.39, 0.29) is 12.1 Å². The summed E-state index contributed by atoms with van der Waals surface area (Å²) >= 11 is 1.05. The lowest BCUT2D eigenvalue weighted by atomic mass is 10.4. The van der Waals surface area contributed by atoms with Gasteiger partial charge in [-0.3, -0.25) is 0 Å². The topological polar surface area (TPSA) is 120 Å². The fraction of sp³-hybridized carbons (Fsp3) is 0.500. The minimum atomic E-state index is -3.77. The van der Waals surface area contributed by atoms with Crippen molar-refractivity contribution in [2.45, 2.75) is 31.6 Å². The highest BCUT2D eigenvalue weighted by molar-refractivity contribution is 7.90. The molecule has 0 amide bonds. The first-order valence-corrected chi connectivity index (χ1v) is 7.83. The van der Waals surface area contributed by atoms with Crippen LogP contribution in [0.4, 0.5) is 0 Å². The van der Waals surface area contributed by atoms with E-state index < -0.39 is 27.3 Å². The van der Waals surface area contributed by atoms with Crippen LogP contribution in [0.5, 0.6) is 0 Å². The van der Waals surface area contributed by atoms with Gasteiger partial charge in [0.1, 0.15) is 5.01 Å². The first-order chi connectivity index (χ1) is 8.81. The number of nitrogens with one attached hydrogen (secondary N) is 1. The van der Waals surface area contributed by atoms with Gasteiger partial charge in [-0.15, -0.1) is 11.3 Å². The Morgan fingerprint density at radius 3 is 2.74 bits per heavy atom. The van der Waals surface area contributed by atoms with Gasteiger partial charge in [-0.25, -0.2) is 22.9 Å². The molecule has 0 saturated carbocycles. The van der Waals surface area contributed by atoms with E-state index in [1.807, 2.05) is 0 Å². The molecule has 0 radical (unpaired) electrons. The van der Waals surface area contributed by atoms with Crippen molar-refractivity contribution >= 4 is 27.3 Å². The van der Waals surface area contributed by atoms with E-state index in [2.05, 4.69) is 9.71 Å². The number of aromatic carboxylic acids is 1. The summed E-state index contributed by atoms with van der Waals surface area (Å²) in [4.78, 5) is 14.5. The lowest BCUT2D eigenvalue weighted by Gasteiger charge is -2.14. The quantitative estimate of drug-likeness (QED) is 0.812. The number of hydrogen-bond acceptors (Lipinski definition) is 6. The molecule has 0 aliphatic rings. The molecule has 0 aliphatic heterocycles. The molecule has 0 spiro atoms. The Bertz CT molecular complexity index is 603. The summed E-state index contributed by atoms with van der Waals surface area (Å²) in [5.41, 5.74) is -0.127. The molecule has 19 heavy (non-hydrogen) atoms. The number of rotatable bonds is 6. The maximum atomic E-state index is 11.8. The van der Waals surface area contributed by atoms with Crippen molar-refractivity contribution in [3.63, 3.8) is 0 Å². The number of carbonyl (C=O) groups is 1. The van der Waals surface area contributed by atoms with Gasteiger partial charge in [0, 0.05) is 5.38 Å². The van der Waals surface area contributed by atoms with Crippen molar-refractivity contribution < 1.29 is 18.3 Å². The van der Waals surface area contributed by atoms with Crippen molar-refractivity contribution in [3.05, 3.63) is 16.1 Å². The van der Waals surface area contributed by atoms with Crippen LogP contribution < -0.4 is 4.72 Å². The Hall–Kier alpha value is -1.50. The minimum Gasteiger partial charge on any atom is -0.476 e. The van der Waals surface area contributed by atoms with Gasteiger partial charge in [0.25, 0.3) is 0 Å². The highest BCUT2D eigenvalue weighted by atomic mass is 32.2. The van der Waals surface area contributed by atoms with Gasteiger partial charge in [-0.05, 0) is 13.3 Å². The van der Waals surface area contributed by atoms with Crippen LogP contribution in [0.25, 0.3) is 0 Å². The second-order valence-electron chi connectivity index (χ2n) is 3.79. The Morgan fingerprint density at radius 1 is 1.68 bits per heavy atom. The summed E-state index contributed by atoms with van der Waals surface area (Å²) in [6.45, 7) is 3.15. The molecule has 104 valence electrons. The highest BCUT2D eigenvalue weighted by Crippen LogP contribution is 2.19. The van der Waals surface area contributed by atoms with E-state index in [0.717, 1.165) is 11.3 Å². The standard InChI is InChI=1S/C10H13N3O4S2/c1-3-7(4-11)19(16,17)13-6(2)9-12-8(5-18-9)10(14)15/h5-7,13H,3H2,1-2H3,(H,14,15). The molecule has 1 rings (SSSR count). The fourth-order valence-electron chi connectivity index (χ4n) is 1.34. The summed E-state index contributed by atoms with van der Waals surface area (Å²) in [7, 11) is -3.77. The van der Waals surface area contributed by atoms with Crippen molar-refractivity contribution in [1.82, 2.24) is 9.71 Å². The number of carboxylic acids is 1. The number of hydrogen-bond donors (Lipinski definition) is 2. The van der Waals surface area contributed by atoms with E-state index in [1.54, 1.807) is 19.9 Å². The largest absolute Gasteiger partial charge is 0.476 e. The van der Waals surface area contributed by atoms with Gasteiger partial charge < -0.3 is 5.11 Å². The van der Waals surface area contributed by atoms with Crippen molar-refractivity contribution in [2.24, 2.45) is 0 Å². The summed E-state index contributed by atoms with van der Waals surface area (Å²) in [5.74, 6) is -1.17. The molecule has 0 aromatic carbocycles. The summed E-state index contributed by atoms with van der Waals surface area (Å²) in [6, 6.07) is 1.04. The van der Waals surface area contributed by atoms with Gasteiger partial charge in [0.15, 0.2) is 10.9 Å². The maximum absolute atomic E-state index is 11.8. The number of aromatic nitrogens is 1. The van der Waals surface area contributed by atoms with Crippen molar-refractivity contribution in [1.29, 1.82) is 5.26 Å². The SMILES string of the molecule is CCC(C#N)S(=O)(=O)NC(C)c1nc(C(=O)O)cs1. The van der Waals surface area contributed by atoms with Crippen LogP contribution in [0.1, 0.15) is 41.8 Å². The maximum Gasteiger partial charge on any atom is 0.355 e. The van der Waals surface area contributed by atoms with E-state index in [4.69, 9.17) is 10.4 Å². The normalized spacial score (nSPS) is 14.6. The Labute approximate surface area is 115 Å². The molecule has 2 atom stereocenters. The first kappa shape index (κ1) is 15.6. The number of carboxylic acid groups (broad SMARTS) is 1. The average molecular weight is 303 g/mol. The van der Waals surface area contributed by atoms with Gasteiger partial charge in [-0.2, -0.15) is 5.26 Å². The average Bonchev–Trinajstić information content (AvgIpc) is 2.78. The molecule has 2 N–H and O–H groups in total. The van der Waals surface area contributed by atoms with Gasteiger partial charge in [-0.1, -0.05) is 6.92 Å². The summed E-state index contributed by atoms with van der Waals surface area (Å²) < 4.78 is 26.0. The molecule has 7 nitrogen and oxygen atoms in total. The Kier molecular flexibility index (Phi) is 4.99. The van der Waals surface area contributed by atoms with E-state index in [1.165, 1.54) is 5.38 Å². The van der Waals surface area contributed by atoms with E-state index >= 15 is 0 Å². The van der Waals surface area contributed by atoms with Crippen LogP contribution in [0, 0.1) is 11.3 Å². The number of thiazole rings is 1. The van der Waals surface area contributed by atoms with Gasteiger partial charge in [0.2, 0.25) is 10.0 Å². The van der Waals surface area contributed by atoms with Crippen LogP contribution in [0.2, 0.25) is 0 Å². The molecule has 2 unspecified atom stereocenters. The van der Waals surface area contributed by atoms with Crippen LogP contribution in [-0.2, 0) is 10.0 Å². The number of nitrogens with zero attached hydrogens (tertiary/aromatic N) is 2. The van der Waals surface area contributed by atoms with Crippen LogP contribution >= 0.6 is 11.3 Å². The van der Waals surface area contributed by atoms with Crippen LogP contribution in [-0.4, -0.2) is 29.7 Å². The molecule has 1 heterocycles. The van der Waals surface area contributed by atoms with Gasteiger partial charge in [0.05, 0.1) is 12.1 Å². The third kappa shape index (κ3) is 3.73. The number of nitriles is 1. The second kappa shape index (κ2) is 6.10. The summed E-state index contributed by atoms with van der Waals surface area (Å²) in [6.07, 6.45) is 0.177. The molecule has 0 aliphatic carbocycles. The minimum absolute atomic E-state index is 0.127. The summed E-state index contributed by atoms with van der Waals surface area (Å²) in [5, 5.41) is 18.0. The van der Waals surface area contributed by atoms with E-state index in [9.17, 15) is 13.2 Å². The lowest BCUT2D eigenvalue weighted by molar-refractivity contribution is 0.0691. The molecule has 9 heteroatoms. The van der Waals surface area contributed by atoms with E-state index in [0.29, 0.717) is 5.01 Å². The molecule has 0 bridgehead atoms. The van der Waals surface area contributed by atoms with Gasteiger partial charge >= 0.3 is 5.97 Å². The predicted molar refractivity (Wildman–Crippen MR) is 69.2 cm³/mol. The zero-order chi connectivity index (χ0) is 14.6. The third-order valence-electron chi connectivity index (χ3n) is 2.34. The first-order valence-electron chi connectivity index (χ1n) is 5.41. The zero-order valence-corrected chi connectivity index (χ0v) is 12.0. The third-order valence-corrected chi connectivity index (χ3v) is 5.24. The molecular weight excluding hydrogens is 290 g/mol. The predicted octanol–water partition coefficient (Wildman–Crippen LogP) is 1.12.